The van der Waals surface area contributed by atoms with Crippen LogP contribution in [0.1, 0.15) is 34.5 Å². The maximum Gasteiger partial charge on any atom is 0.419 e. The second-order valence-corrected chi connectivity index (χ2v) is 8.00. The topological polar surface area (TPSA) is 84.2 Å². The normalized spacial score (nSPS) is 15.2. The molecule has 31 heavy (non-hydrogen) atoms. The number of rotatable bonds is 4. The molecule has 3 rings (SSSR count). The largest absolute Gasteiger partial charge is 0.442 e. The van der Waals surface area contributed by atoms with Crippen LogP contribution in [-0.4, -0.2) is 70.3 Å². The average molecular weight is 505 g/mol. The minimum atomic E-state index is -4.61. The Bertz CT molecular complexity index is 1020. The number of pyridine rings is 1. The van der Waals surface area contributed by atoms with Crippen LogP contribution in [0.4, 0.5) is 18.0 Å². The fraction of sp³-hybridized carbons (Fsp3) is 0.474. The van der Waals surface area contributed by atoms with Gasteiger partial charge < -0.3 is 14.5 Å². The van der Waals surface area contributed by atoms with Crippen molar-refractivity contribution in [3.63, 3.8) is 0 Å². The third kappa shape index (κ3) is 4.68. The van der Waals surface area contributed by atoms with Gasteiger partial charge in [-0.1, -0.05) is 0 Å². The van der Waals surface area contributed by atoms with Crippen LogP contribution in [0.25, 0.3) is 5.65 Å². The SMILES string of the molecule is Cc1cc(C(F)(F)F)c2nc(C(=O)N3CCC(N(C)C(=O)OCC=O)CC3)c(Br)n2c1. The number of ether oxygens (including phenoxy) is 1. The van der Waals surface area contributed by atoms with E-state index in [9.17, 15) is 27.6 Å². The molecule has 1 aliphatic rings. The van der Waals surface area contributed by atoms with E-state index in [2.05, 4.69) is 20.9 Å². The van der Waals surface area contributed by atoms with Crippen LogP contribution in [0.2, 0.25) is 0 Å². The van der Waals surface area contributed by atoms with Crippen molar-refractivity contribution in [1.82, 2.24) is 19.2 Å². The molecule has 2 amide bonds. The number of nitrogens with zero attached hydrogens (tertiary/aromatic N) is 4. The monoisotopic (exact) mass is 504 g/mol. The molecular weight excluding hydrogens is 485 g/mol. The number of halogens is 4. The summed E-state index contributed by atoms with van der Waals surface area (Å²) in [4.78, 5) is 42.1. The summed E-state index contributed by atoms with van der Waals surface area (Å²) in [6, 6.07) is 0.806. The van der Waals surface area contributed by atoms with Gasteiger partial charge in [0.2, 0.25) is 0 Å². The standard InChI is InChI=1S/C19H20BrF3N4O4/c1-11-9-13(19(21,22)23)16-24-14(15(20)27(16)10-11)17(29)26-5-3-12(4-6-26)25(2)18(30)31-8-7-28/h7,9-10,12H,3-6,8H2,1-2H3. The molecule has 1 saturated heterocycles. The fourth-order valence-corrected chi connectivity index (χ4v) is 4.09. The van der Waals surface area contributed by atoms with Crippen molar-refractivity contribution >= 4 is 39.9 Å². The van der Waals surface area contributed by atoms with Gasteiger partial charge in [-0.2, -0.15) is 13.2 Å². The Labute approximate surface area is 184 Å². The van der Waals surface area contributed by atoms with Gasteiger partial charge in [-0.3, -0.25) is 14.0 Å². The van der Waals surface area contributed by atoms with Crippen LogP contribution in [-0.2, 0) is 15.7 Å². The summed E-state index contributed by atoms with van der Waals surface area (Å²) in [6.45, 7) is 1.78. The van der Waals surface area contributed by atoms with Crippen LogP contribution in [0.5, 0.6) is 0 Å². The van der Waals surface area contributed by atoms with E-state index in [1.54, 1.807) is 7.05 Å². The van der Waals surface area contributed by atoms with Crippen molar-refractivity contribution in [3.05, 3.63) is 33.7 Å². The van der Waals surface area contributed by atoms with Crippen LogP contribution < -0.4 is 0 Å². The van der Waals surface area contributed by atoms with Crippen LogP contribution in [0.15, 0.2) is 16.9 Å². The summed E-state index contributed by atoms with van der Waals surface area (Å²) in [5.74, 6) is -0.494. The second-order valence-electron chi connectivity index (χ2n) is 7.25. The number of aldehydes is 1. The predicted octanol–water partition coefficient (Wildman–Crippen LogP) is 3.30. The molecule has 12 heteroatoms. The predicted molar refractivity (Wildman–Crippen MR) is 107 cm³/mol. The first-order valence-corrected chi connectivity index (χ1v) is 10.2. The molecule has 0 aliphatic carbocycles. The molecule has 1 fully saturated rings. The molecule has 0 saturated carbocycles. The van der Waals surface area contributed by atoms with E-state index in [0.717, 1.165) is 6.07 Å². The maximum absolute atomic E-state index is 13.4. The Balaban J connectivity index is 1.78. The number of hydrogen-bond donors (Lipinski definition) is 0. The van der Waals surface area contributed by atoms with E-state index in [4.69, 9.17) is 4.74 Å². The highest BCUT2D eigenvalue weighted by Gasteiger charge is 2.36. The number of likely N-dealkylation sites (tertiary alicyclic amines) is 1. The number of piperidine rings is 1. The van der Waals surface area contributed by atoms with Crippen molar-refractivity contribution in [1.29, 1.82) is 0 Å². The van der Waals surface area contributed by atoms with Crippen LogP contribution >= 0.6 is 15.9 Å². The van der Waals surface area contributed by atoms with Gasteiger partial charge in [-0.15, -0.1) is 0 Å². The third-order valence-electron chi connectivity index (χ3n) is 5.17. The maximum atomic E-state index is 13.4. The second kappa shape index (κ2) is 8.85. The lowest BCUT2D eigenvalue weighted by Gasteiger charge is -2.35. The number of amides is 2. The van der Waals surface area contributed by atoms with Gasteiger partial charge in [-0.05, 0) is 47.3 Å². The van der Waals surface area contributed by atoms with Gasteiger partial charge in [0.1, 0.15) is 11.2 Å². The molecule has 2 aromatic heterocycles. The summed E-state index contributed by atoms with van der Waals surface area (Å²) >= 11 is 3.22. The molecule has 3 heterocycles. The molecule has 0 spiro atoms. The highest BCUT2D eigenvalue weighted by atomic mass is 79.9. The van der Waals surface area contributed by atoms with E-state index in [1.165, 1.54) is 27.3 Å². The zero-order valence-electron chi connectivity index (χ0n) is 16.8. The molecule has 168 valence electrons. The molecule has 0 bridgehead atoms. The molecule has 8 nitrogen and oxygen atoms in total. The summed E-state index contributed by atoms with van der Waals surface area (Å²) in [5, 5.41) is 0. The van der Waals surface area contributed by atoms with E-state index >= 15 is 0 Å². The van der Waals surface area contributed by atoms with Crippen LogP contribution in [0, 0.1) is 6.92 Å². The Kier molecular flexibility index (Phi) is 6.58. The van der Waals surface area contributed by atoms with E-state index in [1.807, 2.05) is 0 Å². The summed E-state index contributed by atoms with van der Waals surface area (Å²) < 4.78 is 46.4. The Morgan fingerprint density at radius 2 is 2.00 bits per heavy atom. The third-order valence-corrected chi connectivity index (χ3v) is 5.93. The molecule has 2 aromatic rings. The van der Waals surface area contributed by atoms with Gasteiger partial charge in [0, 0.05) is 32.4 Å². The van der Waals surface area contributed by atoms with Crippen molar-refractivity contribution < 1.29 is 32.3 Å². The minimum Gasteiger partial charge on any atom is -0.442 e. The van der Waals surface area contributed by atoms with Crippen molar-refractivity contribution in [3.8, 4) is 0 Å². The number of hydrogen-bond acceptors (Lipinski definition) is 5. The van der Waals surface area contributed by atoms with Gasteiger partial charge in [0.25, 0.3) is 5.91 Å². The lowest BCUT2D eigenvalue weighted by Crippen LogP contribution is -2.47. The Morgan fingerprint density at radius 3 is 2.58 bits per heavy atom. The van der Waals surface area contributed by atoms with E-state index in [0.29, 0.717) is 37.8 Å². The molecule has 0 atom stereocenters. The van der Waals surface area contributed by atoms with Crippen LogP contribution in [0.3, 0.4) is 0 Å². The quantitative estimate of drug-likeness (QED) is 0.596. The highest BCUT2D eigenvalue weighted by molar-refractivity contribution is 9.10. The first kappa shape index (κ1) is 23.0. The number of alkyl halides is 3. The zero-order valence-corrected chi connectivity index (χ0v) is 18.4. The first-order chi connectivity index (χ1) is 14.5. The highest BCUT2D eigenvalue weighted by Crippen LogP contribution is 2.35. The van der Waals surface area contributed by atoms with Gasteiger partial charge in [0.05, 0.1) is 5.56 Å². The van der Waals surface area contributed by atoms with E-state index < -0.39 is 23.7 Å². The number of aryl methyl sites for hydroxylation is 1. The summed E-state index contributed by atoms with van der Waals surface area (Å²) in [5.41, 5.74) is -0.988. The van der Waals surface area contributed by atoms with Crippen molar-refractivity contribution in [2.24, 2.45) is 0 Å². The van der Waals surface area contributed by atoms with E-state index in [-0.39, 0.29) is 28.6 Å². The molecule has 0 radical (unpaired) electrons. The summed E-state index contributed by atoms with van der Waals surface area (Å²) in [7, 11) is 1.55. The molecule has 0 unspecified atom stereocenters. The number of aromatic nitrogens is 2. The van der Waals surface area contributed by atoms with Gasteiger partial charge in [0.15, 0.2) is 17.6 Å². The number of imidazole rings is 1. The molecule has 0 N–H and O–H groups in total. The number of fused-ring (bicyclic) bond motifs is 1. The average Bonchev–Trinajstić information content (AvgIpc) is 3.06. The lowest BCUT2D eigenvalue weighted by atomic mass is 10.0. The first-order valence-electron chi connectivity index (χ1n) is 9.42. The Hall–Kier alpha value is -2.63. The van der Waals surface area contributed by atoms with Gasteiger partial charge in [-0.25, -0.2) is 9.78 Å². The zero-order chi connectivity index (χ0) is 22.9. The van der Waals surface area contributed by atoms with Gasteiger partial charge >= 0.3 is 12.3 Å². The Morgan fingerprint density at radius 1 is 1.35 bits per heavy atom. The fourth-order valence-electron chi connectivity index (χ4n) is 3.56. The molecule has 1 aliphatic heterocycles. The number of carbonyl (C=O) groups excluding carboxylic acids is 3. The molecule has 0 aromatic carbocycles. The van der Waals surface area contributed by atoms with Crippen molar-refractivity contribution in [2.45, 2.75) is 32.0 Å². The minimum absolute atomic E-state index is 0.103. The number of carbonyl (C=O) groups is 3. The smallest absolute Gasteiger partial charge is 0.419 e. The molecular formula is C19H20BrF3N4O4. The van der Waals surface area contributed by atoms with Crippen molar-refractivity contribution in [2.75, 3.05) is 26.7 Å². The lowest BCUT2D eigenvalue weighted by molar-refractivity contribution is -0.136. The summed E-state index contributed by atoms with van der Waals surface area (Å²) in [6.07, 6.45) is -2.38.